The second kappa shape index (κ2) is 8.63. The van der Waals surface area contributed by atoms with Crippen molar-refractivity contribution in [3.05, 3.63) is 52.8 Å². The van der Waals surface area contributed by atoms with E-state index in [0.29, 0.717) is 52.3 Å². The molecule has 0 unspecified atom stereocenters. The molecule has 2 aromatic rings. The number of rotatable bonds is 5. The van der Waals surface area contributed by atoms with Gasteiger partial charge in [0.1, 0.15) is 23.0 Å². The summed E-state index contributed by atoms with van der Waals surface area (Å²) in [4.78, 5) is 15.4. The van der Waals surface area contributed by atoms with Gasteiger partial charge < -0.3 is 19.3 Å². The smallest absolute Gasteiger partial charge is 0.231 e. The first kappa shape index (κ1) is 21.2. The predicted octanol–water partition coefficient (Wildman–Crippen LogP) is 4.50. The maximum atomic E-state index is 13.0. The molecule has 0 aliphatic carbocycles. The van der Waals surface area contributed by atoms with Gasteiger partial charge in [-0.05, 0) is 48.6 Å². The first-order chi connectivity index (χ1) is 14.9. The topological polar surface area (TPSA) is 68.2 Å². The van der Waals surface area contributed by atoms with Crippen molar-refractivity contribution in [2.45, 2.75) is 26.8 Å². The maximum absolute atomic E-state index is 13.0. The SMILES string of the molecule is COc1ccc(/C=C2\Oc3c(ccc(O)c3CN3C[C@H](C)C[C@@H](C)C3)C2=O)c(OC)c1. The molecule has 0 amide bonds. The first-order valence-corrected chi connectivity index (χ1v) is 10.6. The zero-order valence-electron chi connectivity index (χ0n) is 18.5. The Morgan fingerprint density at radius 3 is 2.55 bits per heavy atom. The van der Waals surface area contributed by atoms with Gasteiger partial charge in [0.15, 0.2) is 5.76 Å². The zero-order chi connectivity index (χ0) is 22.1. The van der Waals surface area contributed by atoms with E-state index >= 15 is 0 Å². The van der Waals surface area contributed by atoms with Crippen LogP contribution in [0.3, 0.4) is 0 Å². The summed E-state index contributed by atoms with van der Waals surface area (Å²) in [5.41, 5.74) is 1.85. The number of carbonyl (C=O) groups excluding carboxylic acids is 1. The van der Waals surface area contributed by atoms with Crippen LogP contribution in [0.1, 0.15) is 41.8 Å². The number of ether oxygens (including phenoxy) is 3. The molecule has 2 aliphatic rings. The molecule has 2 aliphatic heterocycles. The van der Waals surface area contributed by atoms with Gasteiger partial charge in [-0.15, -0.1) is 0 Å². The van der Waals surface area contributed by atoms with Crippen LogP contribution in [0, 0.1) is 11.8 Å². The normalized spacial score (nSPS) is 22.3. The molecule has 1 fully saturated rings. The van der Waals surface area contributed by atoms with Gasteiger partial charge in [0.05, 0.1) is 25.3 Å². The number of phenols is 1. The van der Waals surface area contributed by atoms with Gasteiger partial charge in [-0.1, -0.05) is 13.8 Å². The van der Waals surface area contributed by atoms with Gasteiger partial charge in [-0.2, -0.15) is 0 Å². The van der Waals surface area contributed by atoms with Crippen LogP contribution in [0.15, 0.2) is 36.1 Å². The zero-order valence-corrected chi connectivity index (χ0v) is 18.5. The van der Waals surface area contributed by atoms with Gasteiger partial charge in [0.25, 0.3) is 0 Å². The van der Waals surface area contributed by atoms with Crippen LogP contribution in [0.5, 0.6) is 23.0 Å². The Kier molecular flexibility index (Phi) is 5.92. The Morgan fingerprint density at radius 2 is 1.87 bits per heavy atom. The average Bonchev–Trinajstić information content (AvgIpc) is 3.05. The van der Waals surface area contributed by atoms with Crippen molar-refractivity contribution in [3.63, 3.8) is 0 Å². The number of carbonyl (C=O) groups is 1. The van der Waals surface area contributed by atoms with E-state index in [4.69, 9.17) is 14.2 Å². The molecular weight excluding hydrogens is 394 g/mol. The number of hydrogen-bond acceptors (Lipinski definition) is 6. The Labute approximate surface area is 183 Å². The summed E-state index contributed by atoms with van der Waals surface area (Å²) in [7, 11) is 3.16. The van der Waals surface area contributed by atoms with E-state index in [9.17, 15) is 9.90 Å². The van der Waals surface area contributed by atoms with Gasteiger partial charge in [0.2, 0.25) is 5.78 Å². The van der Waals surface area contributed by atoms with Crippen LogP contribution in [0.4, 0.5) is 0 Å². The van der Waals surface area contributed by atoms with Crippen molar-refractivity contribution in [1.82, 2.24) is 4.90 Å². The largest absolute Gasteiger partial charge is 0.507 e. The highest BCUT2D eigenvalue weighted by Crippen LogP contribution is 2.41. The quantitative estimate of drug-likeness (QED) is 0.714. The molecule has 0 radical (unpaired) electrons. The van der Waals surface area contributed by atoms with Gasteiger partial charge in [0, 0.05) is 31.3 Å². The molecule has 164 valence electrons. The summed E-state index contributed by atoms with van der Waals surface area (Å²) >= 11 is 0. The monoisotopic (exact) mass is 423 g/mol. The van der Waals surface area contributed by atoms with E-state index in [2.05, 4.69) is 18.7 Å². The van der Waals surface area contributed by atoms with Crippen molar-refractivity contribution >= 4 is 11.9 Å². The average molecular weight is 424 g/mol. The highest BCUT2D eigenvalue weighted by atomic mass is 16.5. The fourth-order valence-electron chi connectivity index (χ4n) is 4.67. The van der Waals surface area contributed by atoms with Crippen LogP contribution in [-0.4, -0.2) is 43.1 Å². The van der Waals surface area contributed by atoms with Crippen molar-refractivity contribution in [2.75, 3.05) is 27.3 Å². The molecule has 0 bridgehead atoms. The molecular formula is C25H29NO5. The highest BCUT2D eigenvalue weighted by Gasteiger charge is 2.33. The Morgan fingerprint density at radius 1 is 1.13 bits per heavy atom. The summed E-state index contributed by atoms with van der Waals surface area (Å²) in [6.45, 7) is 6.98. The molecule has 4 rings (SSSR count). The van der Waals surface area contributed by atoms with Crippen LogP contribution in [0.2, 0.25) is 0 Å². The Balaban J connectivity index is 1.65. The summed E-state index contributed by atoms with van der Waals surface area (Å²) in [5, 5.41) is 10.6. The molecule has 31 heavy (non-hydrogen) atoms. The second-order valence-electron chi connectivity index (χ2n) is 8.63. The number of ketones is 1. The van der Waals surface area contributed by atoms with Crippen LogP contribution in [0.25, 0.3) is 6.08 Å². The number of piperidine rings is 1. The molecule has 0 aromatic heterocycles. The number of methoxy groups -OCH3 is 2. The maximum Gasteiger partial charge on any atom is 0.231 e. The van der Waals surface area contributed by atoms with E-state index in [0.717, 1.165) is 13.1 Å². The van der Waals surface area contributed by atoms with Crippen molar-refractivity contribution in [3.8, 4) is 23.0 Å². The van der Waals surface area contributed by atoms with Crippen molar-refractivity contribution < 1.29 is 24.1 Å². The minimum Gasteiger partial charge on any atom is -0.507 e. The third-order valence-corrected chi connectivity index (χ3v) is 5.97. The van der Waals surface area contributed by atoms with Gasteiger partial charge in [-0.3, -0.25) is 9.69 Å². The predicted molar refractivity (Wildman–Crippen MR) is 119 cm³/mol. The minimum absolute atomic E-state index is 0.153. The van der Waals surface area contributed by atoms with Crippen molar-refractivity contribution in [2.24, 2.45) is 11.8 Å². The lowest BCUT2D eigenvalue weighted by atomic mass is 9.91. The first-order valence-electron chi connectivity index (χ1n) is 10.6. The van der Waals surface area contributed by atoms with Gasteiger partial charge >= 0.3 is 0 Å². The number of Topliss-reactive ketones (excluding diaryl/α,β-unsaturated/α-hetero) is 1. The lowest BCUT2D eigenvalue weighted by Gasteiger charge is -2.35. The lowest BCUT2D eigenvalue weighted by molar-refractivity contribution is 0.101. The molecule has 2 atom stereocenters. The molecule has 1 N–H and O–H groups in total. The number of aromatic hydroxyl groups is 1. The molecule has 0 saturated carbocycles. The number of benzene rings is 2. The fourth-order valence-corrected chi connectivity index (χ4v) is 4.67. The van der Waals surface area contributed by atoms with E-state index in [-0.39, 0.29) is 17.3 Å². The van der Waals surface area contributed by atoms with Crippen LogP contribution in [-0.2, 0) is 6.54 Å². The number of allylic oxidation sites excluding steroid dienone is 1. The van der Waals surface area contributed by atoms with Crippen molar-refractivity contribution in [1.29, 1.82) is 0 Å². The van der Waals surface area contributed by atoms with E-state index < -0.39 is 0 Å². The third kappa shape index (κ3) is 4.26. The molecule has 6 heteroatoms. The van der Waals surface area contributed by atoms with E-state index in [1.807, 2.05) is 6.07 Å². The molecule has 2 aromatic carbocycles. The van der Waals surface area contributed by atoms with Crippen LogP contribution < -0.4 is 14.2 Å². The summed E-state index contributed by atoms with van der Waals surface area (Å²) in [6.07, 6.45) is 2.88. The third-order valence-electron chi connectivity index (χ3n) is 5.97. The standard InChI is InChI=1S/C25H29NO5/c1-15-9-16(2)13-26(12-15)14-20-21(27)8-7-19-24(28)23(31-25(19)20)10-17-5-6-18(29-3)11-22(17)30-4/h5-8,10-11,15-16,27H,9,12-14H2,1-4H3/b23-10-/t15-,16-/m1/s1. The van der Waals surface area contributed by atoms with Crippen LogP contribution >= 0.6 is 0 Å². The second-order valence-corrected chi connectivity index (χ2v) is 8.63. The van der Waals surface area contributed by atoms with E-state index in [1.165, 1.54) is 6.42 Å². The summed E-state index contributed by atoms with van der Waals surface area (Å²) < 4.78 is 16.7. The Hall–Kier alpha value is -2.99. The molecule has 2 heterocycles. The molecule has 0 spiro atoms. The summed E-state index contributed by atoms with van der Waals surface area (Å²) in [5.74, 6) is 3.07. The molecule has 1 saturated heterocycles. The van der Waals surface area contributed by atoms with E-state index in [1.54, 1.807) is 44.6 Å². The lowest BCUT2D eigenvalue weighted by Crippen LogP contribution is -2.38. The summed E-state index contributed by atoms with van der Waals surface area (Å²) in [6, 6.07) is 8.60. The number of hydrogen-bond donors (Lipinski definition) is 1. The number of nitrogens with zero attached hydrogens (tertiary/aromatic N) is 1. The number of fused-ring (bicyclic) bond motifs is 1. The Bertz CT molecular complexity index is 1020. The molecule has 6 nitrogen and oxygen atoms in total. The van der Waals surface area contributed by atoms with Gasteiger partial charge in [-0.25, -0.2) is 0 Å². The minimum atomic E-state index is -0.200. The fraction of sp³-hybridized carbons (Fsp3) is 0.400. The number of likely N-dealkylation sites (tertiary alicyclic amines) is 1. The highest BCUT2D eigenvalue weighted by molar-refractivity contribution is 6.15. The number of phenolic OH excluding ortho intramolecular Hbond substituents is 1.